The number of aliphatic hydroxyl groups excluding tert-OH is 1. The first-order chi connectivity index (χ1) is 7.95. The molecule has 0 aliphatic heterocycles. The normalized spacial score (nSPS) is 12.2. The highest BCUT2D eigenvalue weighted by Crippen LogP contribution is 2.28. The summed E-state index contributed by atoms with van der Waals surface area (Å²) < 4.78 is 5.35. The molecule has 0 aromatic heterocycles. The molecule has 1 rings (SSSR count). The van der Waals surface area contributed by atoms with Crippen molar-refractivity contribution in [2.45, 2.75) is 20.0 Å². The van der Waals surface area contributed by atoms with E-state index in [2.05, 4.69) is 15.9 Å². The van der Waals surface area contributed by atoms with Crippen molar-refractivity contribution in [1.29, 1.82) is 0 Å². The van der Waals surface area contributed by atoms with Crippen molar-refractivity contribution in [2.75, 3.05) is 11.9 Å². The summed E-state index contributed by atoms with van der Waals surface area (Å²) >= 11 is 3.12. The third-order valence-corrected chi connectivity index (χ3v) is 3.05. The zero-order chi connectivity index (χ0) is 13.0. The first kappa shape index (κ1) is 13.9. The van der Waals surface area contributed by atoms with E-state index in [1.165, 1.54) is 6.07 Å². The number of aliphatic hydroxyl groups is 1. The first-order valence-electron chi connectivity index (χ1n) is 5.08. The molecule has 0 fully saturated rings. The number of aryl methyl sites for hydroxylation is 2. The van der Waals surface area contributed by atoms with Crippen LogP contribution in [0.15, 0.2) is 12.1 Å². The van der Waals surface area contributed by atoms with Crippen LogP contribution in [0.5, 0.6) is 5.75 Å². The molecule has 94 valence electrons. The van der Waals surface area contributed by atoms with Gasteiger partial charge in [-0.3, -0.25) is 10.1 Å². The fraction of sp³-hybridized carbons (Fsp3) is 0.455. The topological polar surface area (TPSA) is 72.6 Å². The summed E-state index contributed by atoms with van der Waals surface area (Å²) in [6.07, 6.45) is -0.630. The van der Waals surface area contributed by atoms with Crippen LogP contribution in [-0.2, 0) is 0 Å². The van der Waals surface area contributed by atoms with E-state index < -0.39 is 11.0 Å². The van der Waals surface area contributed by atoms with E-state index in [4.69, 9.17) is 4.74 Å². The number of halogens is 1. The number of nitrogens with zero attached hydrogens (tertiary/aromatic N) is 1. The van der Waals surface area contributed by atoms with Gasteiger partial charge in [-0.05, 0) is 25.5 Å². The summed E-state index contributed by atoms with van der Waals surface area (Å²) in [6, 6.07) is 3.10. The molecule has 1 aromatic carbocycles. The number of hydrogen-bond acceptors (Lipinski definition) is 4. The van der Waals surface area contributed by atoms with E-state index in [0.717, 1.165) is 5.56 Å². The highest BCUT2D eigenvalue weighted by Gasteiger charge is 2.15. The molecule has 6 heteroatoms. The maximum Gasteiger partial charge on any atom is 0.276 e. The predicted octanol–water partition coefficient (Wildman–Crippen LogP) is 2.35. The Balaban J connectivity index is 2.92. The van der Waals surface area contributed by atoms with Crippen LogP contribution in [0.4, 0.5) is 5.69 Å². The molecular formula is C11H14BrNO4. The molecule has 0 saturated heterocycles. The maximum atomic E-state index is 10.8. The molecule has 0 aliphatic carbocycles. The number of rotatable bonds is 5. The smallest absolute Gasteiger partial charge is 0.276 e. The SMILES string of the molecule is Cc1cc(C)c([N+](=O)[O-])cc1OCC(O)CBr. The van der Waals surface area contributed by atoms with Crippen LogP contribution in [0.1, 0.15) is 11.1 Å². The van der Waals surface area contributed by atoms with Crippen LogP contribution < -0.4 is 4.74 Å². The zero-order valence-electron chi connectivity index (χ0n) is 9.64. The Labute approximate surface area is 108 Å². The van der Waals surface area contributed by atoms with Crippen molar-refractivity contribution in [3.63, 3.8) is 0 Å². The lowest BCUT2D eigenvalue weighted by atomic mass is 10.1. The molecule has 17 heavy (non-hydrogen) atoms. The van der Waals surface area contributed by atoms with Gasteiger partial charge in [0.1, 0.15) is 12.4 Å². The summed E-state index contributed by atoms with van der Waals surface area (Å²) in [7, 11) is 0. The molecule has 1 unspecified atom stereocenters. The molecule has 1 N–H and O–H groups in total. The molecule has 0 spiro atoms. The Kier molecular flexibility index (Phi) is 4.89. The first-order valence-corrected chi connectivity index (χ1v) is 6.20. The third-order valence-electron chi connectivity index (χ3n) is 2.30. The van der Waals surface area contributed by atoms with Crippen LogP contribution in [0.25, 0.3) is 0 Å². The predicted molar refractivity (Wildman–Crippen MR) is 67.9 cm³/mol. The second-order valence-corrected chi connectivity index (χ2v) is 4.43. The van der Waals surface area contributed by atoms with Gasteiger partial charge >= 0.3 is 0 Å². The standard InChI is InChI=1S/C11H14BrNO4/c1-7-3-8(2)11(4-10(7)13(15)16)17-6-9(14)5-12/h3-4,9,14H,5-6H2,1-2H3. The van der Waals surface area contributed by atoms with Crippen LogP contribution in [-0.4, -0.2) is 28.1 Å². The number of ether oxygens (including phenoxy) is 1. The Morgan fingerprint density at radius 2 is 2.12 bits per heavy atom. The lowest BCUT2D eigenvalue weighted by Gasteiger charge is -2.12. The van der Waals surface area contributed by atoms with E-state index >= 15 is 0 Å². The van der Waals surface area contributed by atoms with Crippen molar-refractivity contribution in [3.05, 3.63) is 33.4 Å². The quantitative estimate of drug-likeness (QED) is 0.515. The number of nitro groups is 1. The largest absolute Gasteiger partial charge is 0.490 e. The molecular weight excluding hydrogens is 290 g/mol. The van der Waals surface area contributed by atoms with Crippen LogP contribution >= 0.6 is 15.9 Å². The van der Waals surface area contributed by atoms with Crippen LogP contribution in [0.2, 0.25) is 0 Å². The van der Waals surface area contributed by atoms with Gasteiger partial charge in [0.25, 0.3) is 5.69 Å². The monoisotopic (exact) mass is 303 g/mol. The summed E-state index contributed by atoms with van der Waals surface area (Å²) in [4.78, 5) is 10.3. The number of alkyl halides is 1. The fourth-order valence-corrected chi connectivity index (χ4v) is 1.59. The average Bonchev–Trinajstić information content (AvgIpc) is 2.26. The van der Waals surface area contributed by atoms with Crippen molar-refractivity contribution < 1.29 is 14.8 Å². The molecule has 0 radical (unpaired) electrons. The van der Waals surface area contributed by atoms with Gasteiger partial charge in [0.05, 0.1) is 17.1 Å². The minimum Gasteiger partial charge on any atom is -0.490 e. The Hall–Kier alpha value is -1.14. The molecule has 0 amide bonds. The maximum absolute atomic E-state index is 10.8. The summed E-state index contributed by atoms with van der Waals surface area (Å²) in [5, 5.41) is 20.5. The van der Waals surface area contributed by atoms with Crippen molar-refractivity contribution in [1.82, 2.24) is 0 Å². The van der Waals surface area contributed by atoms with E-state index in [9.17, 15) is 15.2 Å². The van der Waals surface area contributed by atoms with Gasteiger partial charge in [-0.1, -0.05) is 15.9 Å². The zero-order valence-corrected chi connectivity index (χ0v) is 11.2. The van der Waals surface area contributed by atoms with Crippen molar-refractivity contribution in [2.24, 2.45) is 0 Å². The minimum atomic E-state index is -0.630. The van der Waals surface area contributed by atoms with Gasteiger partial charge in [0.2, 0.25) is 0 Å². The molecule has 0 heterocycles. The van der Waals surface area contributed by atoms with Gasteiger partial charge in [-0.25, -0.2) is 0 Å². The van der Waals surface area contributed by atoms with Gasteiger partial charge in [0.15, 0.2) is 0 Å². The van der Waals surface area contributed by atoms with E-state index in [-0.39, 0.29) is 12.3 Å². The Morgan fingerprint density at radius 3 is 2.65 bits per heavy atom. The van der Waals surface area contributed by atoms with Crippen molar-refractivity contribution >= 4 is 21.6 Å². The average molecular weight is 304 g/mol. The lowest BCUT2D eigenvalue weighted by Crippen LogP contribution is -2.19. The molecule has 1 atom stereocenters. The highest BCUT2D eigenvalue weighted by molar-refractivity contribution is 9.09. The van der Waals surface area contributed by atoms with Crippen LogP contribution in [0.3, 0.4) is 0 Å². The van der Waals surface area contributed by atoms with E-state index in [1.807, 2.05) is 6.92 Å². The fourth-order valence-electron chi connectivity index (χ4n) is 1.40. The number of hydrogen-bond donors (Lipinski definition) is 1. The van der Waals surface area contributed by atoms with Gasteiger partial charge in [-0.15, -0.1) is 0 Å². The minimum absolute atomic E-state index is 0.0268. The number of benzene rings is 1. The molecule has 1 aromatic rings. The highest BCUT2D eigenvalue weighted by atomic mass is 79.9. The number of nitro benzene ring substituents is 1. The van der Waals surface area contributed by atoms with E-state index in [1.54, 1.807) is 13.0 Å². The summed E-state index contributed by atoms with van der Waals surface area (Å²) in [6.45, 7) is 3.60. The Morgan fingerprint density at radius 1 is 1.47 bits per heavy atom. The van der Waals surface area contributed by atoms with Gasteiger partial charge in [0, 0.05) is 10.9 Å². The molecule has 0 aliphatic rings. The Bertz CT molecular complexity index is 422. The molecule has 0 bridgehead atoms. The third kappa shape index (κ3) is 3.67. The second-order valence-electron chi connectivity index (χ2n) is 3.78. The lowest BCUT2D eigenvalue weighted by molar-refractivity contribution is -0.385. The summed E-state index contributed by atoms with van der Waals surface area (Å²) in [5.74, 6) is 0.433. The van der Waals surface area contributed by atoms with E-state index in [0.29, 0.717) is 16.6 Å². The van der Waals surface area contributed by atoms with Crippen molar-refractivity contribution in [3.8, 4) is 5.75 Å². The van der Waals surface area contributed by atoms with Crippen LogP contribution in [0, 0.1) is 24.0 Å². The molecule has 5 nitrogen and oxygen atoms in total. The molecule has 0 saturated carbocycles. The van der Waals surface area contributed by atoms with Gasteiger partial charge < -0.3 is 9.84 Å². The second kappa shape index (κ2) is 5.97. The van der Waals surface area contributed by atoms with Gasteiger partial charge in [-0.2, -0.15) is 0 Å². The summed E-state index contributed by atoms with van der Waals surface area (Å²) in [5.41, 5.74) is 1.44.